The molecule has 0 radical (unpaired) electrons. The number of hydrogen-bond acceptors (Lipinski definition) is 3. The number of carbonyl (C=O) groups is 1. The lowest BCUT2D eigenvalue weighted by atomic mass is 10.1. The average Bonchev–Trinajstić information content (AvgIpc) is 2.61. The lowest BCUT2D eigenvalue weighted by Gasteiger charge is -2.07. The summed E-state index contributed by atoms with van der Waals surface area (Å²) in [7, 11) is 1.57. The largest absolute Gasteiger partial charge is 0.497 e. The minimum atomic E-state index is -4.50. The summed E-state index contributed by atoms with van der Waals surface area (Å²) in [6.45, 7) is 0. The highest BCUT2D eigenvalue weighted by atomic mass is 19.4. The van der Waals surface area contributed by atoms with E-state index in [0.717, 1.165) is 23.4 Å². The van der Waals surface area contributed by atoms with E-state index in [1.165, 1.54) is 18.3 Å². The molecule has 0 aliphatic carbocycles. The molecule has 25 heavy (non-hydrogen) atoms. The molecule has 0 fully saturated rings. The molecule has 7 heteroatoms. The quantitative estimate of drug-likeness (QED) is 0.652. The lowest BCUT2D eigenvalue weighted by molar-refractivity contribution is -0.137. The molecule has 1 N–H and O–H groups in total. The SMILES string of the molecule is COc1ccc(/C=C/C=N\NC(=O)c2cccc(C(F)(F)F)c2)cc1. The molecule has 0 aliphatic heterocycles. The molecular formula is C18H15F3N2O2. The number of hydrogen-bond donors (Lipinski definition) is 1. The summed E-state index contributed by atoms with van der Waals surface area (Å²) in [6, 6.07) is 11.4. The summed E-state index contributed by atoms with van der Waals surface area (Å²) < 4.78 is 42.9. The van der Waals surface area contributed by atoms with Gasteiger partial charge in [0.2, 0.25) is 0 Å². The number of nitrogens with zero attached hydrogens (tertiary/aromatic N) is 1. The van der Waals surface area contributed by atoms with Gasteiger partial charge in [-0.25, -0.2) is 5.43 Å². The summed E-state index contributed by atoms with van der Waals surface area (Å²) in [4.78, 5) is 11.8. The van der Waals surface area contributed by atoms with E-state index in [1.54, 1.807) is 31.4 Å². The molecule has 0 saturated heterocycles. The summed E-state index contributed by atoms with van der Waals surface area (Å²) in [5.41, 5.74) is 2.07. The fourth-order valence-electron chi connectivity index (χ4n) is 1.91. The van der Waals surface area contributed by atoms with Gasteiger partial charge in [-0.05, 0) is 42.0 Å². The molecule has 0 heterocycles. The van der Waals surface area contributed by atoms with E-state index in [4.69, 9.17) is 4.74 Å². The van der Waals surface area contributed by atoms with Crippen LogP contribution in [-0.4, -0.2) is 19.2 Å². The van der Waals surface area contributed by atoms with Crippen molar-refractivity contribution in [3.05, 3.63) is 71.3 Å². The Labute approximate surface area is 142 Å². The summed E-state index contributed by atoms with van der Waals surface area (Å²) in [5.74, 6) is 0.0133. The number of rotatable bonds is 5. The molecule has 130 valence electrons. The fourth-order valence-corrected chi connectivity index (χ4v) is 1.91. The van der Waals surface area contributed by atoms with Gasteiger partial charge in [-0.15, -0.1) is 0 Å². The minimum Gasteiger partial charge on any atom is -0.497 e. The Morgan fingerprint density at radius 3 is 2.52 bits per heavy atom. The van der Waals surface area contributed by atoms with E-state index in [0.29, 0.717) is 0 Å². The van der Waals surface area contributed by atoms with Crippen molar-refractivity contribution < 1.29 is 22.7 Å². The van der Waals surface area contributed by atoms with Gasteiger partial charge >= 0.3 is 6.18 Å². The second kappa shape index (κ2) is 8.14. The first-order chi connectivity index (χ1) is 11.9. The smallest absolute Gasteiger partial charge is 0.416 e. The summed E-state index contributed by atoms with van der Waals surface area (Å²) >= 11 is 0. The van der Waals surface area contributed by atoms with Gasteiger partial charge in [0.25, 0.3) is 5.91 Å². The van der Waals surface area contributed by atoms with Crippen molar-refractivity contribution in [1.82, 2.24) is 5.43 Å². The maximum absolute atomic E-state index is 12.6. The van der Waals surface area contributed by atoms with Gasteiger partial charge in [0, 0.05) is 11.8 Å². The maximum Gasteiger partial charge on any atom is 0.416 e. The van der Waals surface area contributed by atoms with E-state index < -0.39 is 17.6 Å². The van der Waals surface area contributed by atoms with Crippen LogP contribution in [0.25, 0.3) is 6.08 Å². The van der Waals surface area contributed by atoms with E-state index in [2.05, 4.69) is 10.5 Å². The molecule has 0 atom stereocenters. The van der Waals surface area contributed by atoms with Gasteiger partial charge < -0.3 is 4.74 Å². The van der Waals surface area contributed by atoms with Crippen molar-refractivity contribution in [2.75, 3.05) is 7.11 Å². The van der Waals surface area contributed by atoms with Crippen LogP contribution < -0.4 is 10.2 Å². The molecule has 2 rings (SSSR count). The highest BCUT2D eigenvalue weighted by Gasteiger charge is 2.30. The van der Waals surface area contributed by atoms with E-state index in [9.17, 15) is 18.0 Å². The number of allylic oxidation sites excluding steroid dienone is 1. The third kappa shape index (κ3) is 5.49. The summed E-state index contributed by atoms with van der Waals surface area (Å²) in [6.07, 6.45) is 0.171. The first kappa shape index (κ1) is 18.3. The molecule has 0 aromatic heterocycles. The van der Waals surface area contributed by atoms with Gasteiger partial charge in [0.15, 0.2) is 0 Å². The molecule has 0 bridgehead atoms. The number of alkyl halides is 3. The number of nitrogens with one attached hydrogen (secondary N) is 1. The average molecular weight is 348 g/mol. The maximum atomic E-state index is 12.6. The third-order valence-corrected chi connectivity index (χ3v) is 3.18. The van der Waals surface area contributed by atoms with Crippen LogP contribution in [0.4, 0.5) is 13.2 Å². The predicted molar refractivity (Wildman–Crippen MR) is 89.4 cm³/mol. The first-order valence-electron chi connectivity index (χ1n) is 7.21. The van der Waals surface area contributed by atoms with Crippen molar-refractivity contribution in [3.63, 3.8) is 0 Å². The Morgan fingerprint density at radius 1 is 1.16 bits per heavy atom. The van der Waals surface area contributed by atoms with E-state index in [-0.39, 0.29) is 5.56 Å². The van der Waals surface area contributed by atoms with Crippen LogP contribution in [0.2, 0.25) is 0 Å². The van der Waals surface area contributed by atoms with Crippen molar-refractivity contribution in [2.45, 2.75) is 6.18 Å². The molecule has 0 unspecified atom stereocenters. The van der Waals surface area contributed by atoms with Gasteiger partial charge in [0.05, 0.1) is 12.7 Å². The first-order valence-corrected chi connectivity index (χ1v) is 7.21. The zero-order valence-electron chi connectivity index (χ0n) is 13.2. The number of ether oxygens (including phenoxy) is 1. The third-order valence-electron chi connectivity index (χ3n) is 3.18. The zero-order valence-corrected chi connectivity index (χ0v) is 13.2. The van der Waals surface area contributed by atoms with Crippen LogP contribution in [0, 0.1) is 0 Å². The van der Waals surface area contributed by atoms with Crippen molar-refractivity contribution in [3.8, 4) is 5.75 Å². The van der Waals surface area contributed by atoms with Crippen LogP contribution >= 0.6 is 0 Å². The van der Waals surface area contributed by atoms with Gasteiger partial charge in [-0.2, -0.15) is 18.3 Å². The minimum absolute atomic E-state index is 0.119. The van der Waals surface area contributed by atoms with Crippen LogP contribution in [0.3, 0.4) is 0 Å². The number of methoxy groups -OCH3 is 1. The topological polar surface area (TPSA) is 50.7 Å². The lowest BCUT2D eigenvalue weighted by Crippen LogP contribution is -2.18. The summed E-state index contributed by atoms with van der Waals surface area (Å²) in [5, 5.41) is 3.67. The van der Waals surface area contributed by atoms with Crippen molar-refractivity contribution >= 4 is 18.2 Å². The Kier molecular flexibility index (Phi) is 5.94. The molecule has 2 aromatic carbocycles. The molecule has 1 amide bonds. The van der Waals surface area contributed by atoms with E-state index in [1.807, 2.05) is 12.1 Å². The zero-order chi connectivity index (χ0) is 18.3. The van der Waals surface area contributed by atoms with Crippen LogP contribution in [0.1, 0.15) is 21.5 Å². The predicted octanol–water partition coefficient (Wildman–Crippen LogP) is 4.14. The standard InChI is InChI=1S/C18H15F3N2O2/c1-25-16-9-7-13(8-10-16)4-3-11-22-23-17(24)14-5-2-6-15(12-14)18(19,20)21/h2-12H,1H3,(H,23,24)/b4-3+,22-11-. The molecule has 2 aromatic rings. The molecule has 0 aliphatic rings. The second-order valence-electron chi connectivity index (χ2n) is 4.93. The van der Waals surface area contributed by atoms with Crippen molar-refractivity contribution in [1.29, 1.82) is 0 Å². The van der Waals surface area contributed by atoms with Gasteiger partial charge in [-0.1, -0.05) is 24.3 Å². The Bertz CT molecular complexity index is 782. The molecule has 0 spiro atoms. The Morgan fingerprint density at radius 2 is 1.88 bits per heavy atom. The molecule has 4 nitrogen and oxygen atoms in total. The number of amides is 1. The van der Waals surface area contributed by atoms with E-state index >= 15 is 0 Å². The van der Waals surface area contributed by atoms with Crippen LogP contribution in [-0.2, 0) is 6.18 Å². The number of carbonyl (C=O) groups excluding carboxylic acids is 1. The highest BCUT2D eigenvalue weighted by Crippen LogP contribution is 2.29. The Hall–Kier alpha value is -3.09. The molecule has 0 saturated carbocycles. The monoisotopic (exact) mass is 348 g/mol. The Balaban J connectivity index is 1.93. The van der Waals surface area contributed by atoms with Gasteiger partial charge in [0.1, 0.15) is 5.75 Å². The van der Waals surface area contributed by atoms with Crippen molar-refractivity contribution in [2.24, 2.45) is 5.10 Å². The van der Waals surface area contributed by atoms with Crippen LogP contribution in [0.5, 0.6) is 5.75 Å². The fraction of sp³-hybridized carbons (Fsp3) is 0.111. The number of benzene rings is 2. The number of halogens is 3. The second-order valence-corrected chi connectivity index (χ2v) is 4.93. The normalized spacial score (nSPS) is 11.8. The molecular weight excluding hydrogens is 333 g/mol. The van der Waals surface area contributed by atoms with Gasteiger partial charge in [-0.3, -0.25) is 4.79 Å². The van der Waals surface area contributed by atoms with Crippen LogP contribution in [0.15, 0.2) is 59.7 Å². The highest BCUT2D eigenvalue weighted by molar-refractivity contribution is 5.94. The number of hydrazone groups is 1.